The van der Waals surface area contributed by atoms with Gasteiger partial charge in [0.2, 0.25) is 0 Å². The van der Waals surface area contributed by atoms with Gasteiger partial charge in [0.15, 0.2) is 0 Å². The summed E-state index contributed by atoms with van der Waals surface area (Å²) in [5.74, 6) is 0. The number of hydrogen-bond acceptors (Lipinski definition) is 2. The number of rotatable bonds is 2. The van der Waals surface area contributed by atoms with E-state index >= 15 is 0 Å². The van der Waals surface area contributed by atoms with Crippen LogP contribution in [0.1, 0.15) is 0 Å². The molecule has 0 heterocycles. The van der Waals surface area contributed by atoms with E-state index in [0.717, 1.165) is 0 Å². The topological polar surface area (TPSA) is 46.2 Å². The van der Waals surface area contributed by atoms with Crippen LogP contribution in [0.15, 0.2) is 12.2 Å². The summed E-state index contributed by atoms with van der Waals surface area (Å²) in [6.45, 7) is 3.50. The quantitative estimate of drug-likeness (QED) is 0.468. The maximum absolute atomic E-state index is 8.14. The molecule has 1 unspecified atom stereocenters. The van der Waals surface area contributed by atoms with Crippen molar-refractivity contribution in [3.8, 4) is 0 Å². The lowest BCUT2D eigenvalue weighted by Crippen LogP contribution is -2.10. The van der Waals surface area contributed by atoms with E-state index < -0.39 is 0 Å². The lowest BCUT2D eigenvalue weighted by Gasteiger charge is -1.89. The minimum Gasteiger partial charge on any atom is -0.392 e. The third-order valence-corrected chi connectivity index (χ3v) is 0.489. The Labute approximate surface area is 43.6 Å². The van der Waals surface area contributed by atoms with E-state index in [1.54, 1.807) is 12.2 Å². The average molecular weight is 100 g/mol. The summed E-state index contributed by atoms with van der Waals surface area (Å²) >= 11 is 0. The molecule has 0 saturated carbocycles. The van der Waals surface area contributed by atoms with E-state index in [9.17, 15) is 0 Å². The summed E-state index contributed by atoms with van der Waals surface area (Å²) in [6, 6.07) is -0.188. The van der Waals surface area contributed by atoms with Crippen LogP contribution in [0, 0.1) is 6.92 Å². The molecule has 0 saturated heterocycles. The van der Waals surface area contributed by atoms with Crippen molar-refractivity contribution in [2.45, 2.75) is 6.04 Å². The Balaban J connectivity index is 3.08. The molecule has 0 aromatic heterocycles. The van der Waals surface area contributed by atoms with Gasteiger partial charge in [-0.1, -0.05) is 12.2 Å². The van der Waals surface area contributed by atoms with Gasteiger partial charge in [0, 0.05) is 6.04 Å². The molecule has 41 valence electrons. The second-order valence-corrected chi connectivity index (χ2v) is 1.27. The van der Waals surface area contributed by atoms with Crippen LogP contribution in [-0.4, -0.2) is 17.8 Å². The second-order valence-electron chi connectivity index (χ2n) is 1.27. The third-order valence-electron chi connectivity index (χ3n) is 0.489. The van der Waals surface area contributed by atoms with Crippen molar-refractivity contribution in [3.63, 3.8) is 0 Å². The Morgan fingerprint density at radius 3 is 2.57 bits per heavy atom. The minimum absolute atomic E-state index is 0.0449. The zero-order valence-electron chi connectivity index (χ0n) is 4.17. The molecular weight excluding hydrogens is 90.1 g/mol. The summed E-state index contributed by atoms with van der Waals surface area (Å²) in [4.78, 5) is 0. The fourth-order valence-corrected chi connectivity index (χ4v) is 0.236. The lowest BCUT2D eigenvalue weighted by molar-refractivity contribution is 0.342. The van der Waals surface area contributed by atoms with Gasteiger partial charge in [-0.25, -0.2) is 0 Å². The zero-order chi connectivity index (χ0) is 5.70. The molecule has 2 heteroatoms. The molecule has 0 bridgehead atoms. The van der Waals surface area contributed by atoms with Gasteiger partial charge < -0.3 is 10.8 Å². The average Bonchev–Trinajstić information content (AvgIpc) is 1.61. The van der Waals surface area contributed by atoms with Crippen molar-refractivity contribution in [3.05, 3.63) is 19.1 Å². The van der Waals surface area contributed by atoms with E-state index in [1.165, 1.54) is 0 Å². The molecule has 0 aromatic rings. The predicted octanol–water partition coefficient (Wildman–Crippen LogP) is -0.304. The lowest BCUT2D eigenvalue weighted by atomic mass is 10.3. The molecule has 7 heavy (non-hydrogen) atoms. The van der Waals surface area contributed by atoms with Gasteiger partial charge in [0.1, 0.15) is 0 Å². The van der Waals surface area contributed by atoms with E-state index in [0.29, 0.717) is 0 Å². The number of aliphatic hydroxyl groups excluding tert-OH is 1. The first-order valence-electron chi connectivity index (χ1n) is 2.13. The molecule has 1 atom stereocenters. The van der Waals surface area contributed by atoms with Crippen LogP contribution in [-0.2, 0) is 0 Å². The van der Waals surface area contributed by atoms with Crippen LogP contribution in [0.4, 0.5) is 0 Å². The van der Waals surface area contributed by atoms with Gasteiger partial charge in [0.25, 0.3) is 0 Å². The first-order valence-corrected chi connectivity index (χ1v) is 2.13. The maximum Gasteiger partial charge on any atom is 0.0612 e. The SMILES string of the molecule is [CH2]C(N)C=CCO. The van der Waals surface area contributed by atoms with E-state index in [-0.39, 0.29) is 12.6 Å². The molecule has 0 rings (SSSR count). The largest absolute Gasteiger partial charge is 0.392 e. The minimum atomic E-state index is -0.188. The van der Waals surface area contributed by atoms with Crippen molar-refractivity contribution in [1.29, 1.82) is 0 Å². The Hall–Kier alpha value is -0.340. The molecule has 0 aromatic carbocycles. The first kappa shape index (κ1) is 6.66. The molecule has 0 fully saturated rings. The fourth-order valence-electron chi connectivity index (χ4n) is 0.236. The van der Waals surface area contributed by atoms with E-state index in [2.05, 4.69) is 6.92 Å². The molecule has 1 radical (unpaired) electrons. The maximum atomic E-state index is 8.14. The fraction of sp³-hybridized carbons (Fsp3) is 0.400. The monoisotopic (exact) mass is 100 g/mol. The smallest absolute Gasteiger partial charge is 0.0612 e. The van der Waals surface area contributed by atoms with Crippen LogP contribution in [0.2, 0.25) is 0 Å². The Kier molecular flexibility index (Phi) is 3.65. The Bertz CT molecular complexity index is 59.1. The number of hydrogen-bond donors (Lipinski definition) is 2. The zero-order valence-corrected chi connectivity index (χ0v) is 4.17. The highest BCUT2D eigenvalue weighted by Gasteiger charge is 1.78. The van der Waals surface area contributed by atoms with Crippen LogP contribution in [0.3, 0.4) is 0 Å². The highest BCUT2D eigenvalue weighted by atomic mass is 16.2. The van der Waals surface area contributed by atoms with Crippen LogP contribution in [0.5, 0.6) is 0 Å². The van der Waals surface area contributed by atoms with E-state index in [1.807, 2.05) is 0 Å². The molecular formula is C5H10NO. The molecule has 0 aliphatic rings. The summed E-state index contributed by atoms with van der Waals surface area (Å²) in [6.07, 6.45) is 3.21. The van der Waals surface area contributed by atoms with Crippen LogP contribution >= 0.6 is 0 Å². The van der Waals surface area contributed by atoms with Crippen molar-refractivity contribution < 1.29 is 5.11 Å². The van der Waals surface area contributed by atoms with Crippen molar-refractivity contribution in [2.24, 2.45) is 5.73 Å². The molecule has 0 aliphatic carbocycles. The van der Waals surface area contributed by atoms with Gasteiger partial charge in [-0.2, -0.15) is 0 Å². The van der Waals surface area contributed by atoms with Gasteiger partial charge in [-0.15, -0.1) is 0 Å². The van der Waals surface area contributed by atoms with Gasteiger partial charge in [-0.3, -0.25) is 0 Å². The molecule has 2 nitrogen and oxygen atoms in total. The normalized spacial score (nSPS) is 15.3. The Morgan fingerprint density at radius 1 is 1.86 bits per heavy atom. The molecule has 0 spiro atoms. The standard InChI is InChI=1S/C5H10NO/c1-5(6)3-2-4-7/h2-3,5,7H,1,4,6H2. The summed E-state index contributed by atoms with van der Waals surface area (Å²) in [5, 5.41) is 8.14. The third kappa shape index (κ3) is 5.66. The van der Waals surface area contributed by atoms with Crippen LogP contribution in [0.25, 0.3) is 0 Å². The number of nitrogens with two attached hydrogens (primary N) is 1. The Morgan fingerprint density at radius 2 is 2.43 bits per heavy atom. The highest BCUT2D eigenvalue weighted by molar-refractivity contribution is 4.92. The summed E-state index contributed by atoms with van der Waals surface area (Å²) in [5.41, 5.74) is 5.17. The van der Waals surface area contributed by atoms with Crippen molar-refractivity contribution in [1.82, 2.24) is 0 Å². The molecule has 0 amide bonds. The highest BCUT2D eigenvalue weighted by Crippen LogP contribution is 1.74. The second kappa shape index (κ2) is 3.84. The van der Waals surface area contributed by atoms with Gasteiger partial charge in [-0.05, 0) is 6.92 Å². The van der Waals surface area contributed by atoms with Crippen molar-refractivity contribution >= 4 is 0 Å². The first-order chi connectivity index (χ1) is 3.27. The van der Waals surface area contributed by atoms with Crippen LogP contribution < -0.4 is 5.73 Å². The van der Waals surface area contributed by atoms with Gasteiger partial charge >= 0.3 is 0 Å². The van der Waals surface area contributed by atoms with E-state index in [4.69, 9.17) is 10.8 Å². The van der Waals surface area contributed by atoms with Crippen molar-refractivity contribution in [2.75, 3.05) is 6.61 Å². The molecule has 0 aliphatic heterocycles. The summed E-state index contributed by atoms with van der Waals surface area (Å²) < 4.78 is 0. The summed E-state index contributed by atoms with van der Waals surface area (Å²) in [7, 11) is 0. The number of aliphatic hydroxyl groups is 1. The predicted molar refractivity (Wildman–Crippen MR) is 29.6 cm³/mol. The molecule has 3 N–H and O–H groups in total. The van der Waals surface area contributed by atoms with Gasteiger partial charge in [0.05, 0.1) is 6.61 Å².